The maximum Gasteiger partial charge on any atom is 0.269 e. The van der Waals surface area contributed by atoms with Crippen LogP contribution in [0.1, 0.15) is 24.0 Å². The number of likely N-dealkylation sites (tertiary alicyclic amines) is 1. The number of rotatable bonds is 6. The molecular formula is C20H21ClN4O3. The SMILES string of the molecule is O=C(NN=Cc1ccccc1Cl)C1CCN(Cc2ccc([N+](=O)[O-])cc2)CC1. The van der Waals surface area contributed by atoms with Crippen molar-refractivity contribution < 1.29 is 9.72 Å². The zero-order valence-electron chi connectivity index (χ0n) is 15.3. The number of nitrogens with zero attached hydrogens (tertiary/aromatic N) is 3. The van der Waals surface area contributed by atoms with E-state index in [0.29, 0.717) is 5.02 Å². The van der Waals surface area contributed by atoms with Crippen molar-refractivity contribution in [2.24, 2.45) is 11.0 Å². The van der Waals surface area contributed by atoms with Crippen molar-refractivity contribution in [1.29, 1.82) is 0 Å². The molecule has 0 unspecified atom stereocenters. The van der Waals surface area contributed by atoms with Gasteiger partial charge in [-0.15, -0.1) is 0 Å². The Hall–Kier alpha value is -2.77. The first-order valence-electron chi connectivity index (χ1n) is 9.06. The summed E-state index contributed by atoms with van der Waals surface area (Å²) >= 11 is 6.05. The molecule has 1 saturated heterocycles. The summed E-state index contributed by atoms with van der Waals surface area (Å²) in [6, 6.07) is 13.9. The van der Waals surface area contributed by atoms with Gasteiger partial charge >= 0.3 is 0 Å². The minimum absolute atomic E-state index is 0.0727. The Bertz CT molecular complexity index is 862. The number of piperidine rings is 1. The van der Waals surface area contributed by atoms with E-state index >= 15 is 0 Å². The lowest BCUT2D eigenvalue weighted by molar-refractivity contribution is -0.384. The average molecular weight is 401 g/mol. The second-order valence-electron chi connectivity index (χ2n) is 6.73. The fraction of sp³-hybridized carbons (Fsp3) is 0.300. The lowest BCUT2D eigenvalue weighted by Gasteiger charge is -2.30. The predicted molar refractivity (Wildman–Crippen MR) is 108 cm³/mol. The van der Waals surface area contributed by atoms with Crippen molar-refractivity contribution in [2.75, 3.05) is 13.1 Å². The van der Waals surface area contributed by atoms with Gasteiger partial charge in [-0.3, -0.25) is 19.8 Å². The van der Waals surface area contributed by atoms with Gasteiger partial charge in [0.15, 0.2) is 0 Å². The van der Waals surface area contributed by atoms with Crippen LogP contribution in [0.15, 0.2) is 53.6 Å². The first kappa shape index (κ1) is 20.0. The Balaban J connectivity index is 1.45. The molecule has 0 atom stereocenters. The van der Waals surface area contributed by atoms with Crippen LogP contribution in [0, 0.1) is 16.0 Å². The highest BCUT2D eigenvalue weighted by Crippen LogP contribution is 2.20. The van der Waals surface area contributed by atoms with Gasteiger partial charge in [0.1, 0.15) is 0 Å². The van der Waals surface area contributed by atoms with Crippen LogP contribution >= 0.6 is 11.6 Å². The minimum atomic E-state index is -0.401. The second-order valence-corrected chi connectivity index (χ2v) is 7.14. The van der Waals surface area contributed by atoms with Crippen LogP contribution in [-0.2, 0) is 11.3 Å². The molecule has 8 heteroatoms. The summed E-state index contributed by atoms with van der Waals surface area (Å²) in [6.07, 6.45) is 3.05. The highest BCUT2D eigenvalue weighted by Gasteiger charge is 2.24. The first-order chi connectivity index (χ1) is 13.5. The number of halogens is 1. The molecular weight excluding hydrogens is 380 g/mol. The number of carbonyl (C=O) groups excluding carboxylic acids is 1. The fourth-order valence-corrected chi connectivity index (χ4v) is 3.36. The molecule has 1 aliphatic heterocycles. The van der Waals surface area contributed by atoms with Gasteiger partial charge in [0.05, 0.1) is 11.1 Å². The third-order valence-electron chi connectivity index (χ3n) is 4.80. The highest BCUT2D eigenvalue weighted by atomic mass is 35.5. The zero-order valence-corrected chi connectivity index (χ0v) is 16.0. The van der Waals surface area contributed by atoms with Crippen molar-refractivity contribution in [3.63, 3.8) is 0 Å². The van der Waals surface area contributed by atoms with E-state index in [9.17, 15) is 14.9 Å². The fourth-order valence-electron chi connectivity index (χ4n) is 3.17. The number of nitro benzene ring substituents is 1. The molecule has 0 aliphatic carbocycles. The second kappa shape index (κ2) is 9.43. The zero-order chi connectivity index (χ0) is 19.9. The van der Waals surface area contributed by atoms with Gasteiger partial charge in [0, 0.05) is 35.2 Å². The number of nitro groups is 1. The van der Waals surface area contributed by atoms with E-state index in [2.05, 4.69) is 15.4 Å². The first-order valence-corrected chi connectivity index (χ1v) is 9.44. The largest absolute Gasteiger partial charge is 0.299 e. The highest BCUT2D eigenvalue weighted by molar-refractivity contribution is 6.33. The van der Waals surface area contributed by atoms with Crippen LogP contribution in [0.25, 0.3) is 0 Å². The van der Waals surface area contributed by atoms with Crippen molar-refractivity contribution in [3.8, 4) is 0 Å². The summed E-state index contributed by atoms with van der Waals surface area (Å²) in [7, 11) is 0. The van der Waals surface area contributed by atoms with Gasteiger partial charge in [0.2, 0.25) is 5.91 Å². The van der Waals surface area contributed by atoms with Crippen LogP contribution in [0.4, 0.5) is 5.69 Å². The Morgan fingerprint density at radius 3 is 2.54 bits per heavy atom. The van der Waals surface area contributed by atoms with Gasteiger partial charge in [-0.1, -0.05) is 41.9 Å². The average Bonchev–Trinajstić information content (AvgIpc) is 2.70. The lowest BCUT2D eigenvalue weighted by atomic mass is 9.96. The van der Waals surface area contributed by atoms with Gasteiger partial charge in [0.25, 0.3) is 5.69 Å². The maximum absolute atomic E-state index is 12.3. The summed E-state index contributed by atoms with van der Waals surface area (Å²) < 4.78 is 0. The molecule has 7 nitrogen and oxygen atoms in total. The number of hydrogen-bond acceptors (Lipinski definition) is 5. The van der Waals surface area contributed by atoms with Gasteiger partial charge < -0.3 is 0 Å². The van der Waals surface area contributed by atoms with Crippen molar-refractivity contribution >= 4 is 29.4 Å². The van der Waals surface area contributed by atoms with Crippen molar-refractivity contribution in [3.05, 3.63) is 74.8 Å². The molecule has 3 rings (SSSR count). The van der Waals surface area contributed by atoms with E-state index in [4.69, 9.17) is 11.6 Å². The predicted octanol–water partition coefficient (Wildman–Crippen LogP) is 3.61. The van der Waals surface area contributed by atoms with Crippen LogP contribution in [0.5, 0.6) is 0 Å². The number of amides is 1. The van der Waals surface area contributed by atoms with E-state index in [1.54, 1.807) is 24.4 Å². The Kier molecular flexibility index (Phi) is 6.73. The van der Waals surface area contributed by atoms with Crippen molar-refractivity contribution in [1.82, 2.24) is 10.3 Å². The van der Waals surface area contributed by atoms with E-state index in [-0.39, 0.29) is 17.5 Å². The quantitative estimate of drug-likeness (QED) is 0.455. The van der Waals surface area contributed by atoms with Crippen LogP contribution in [-0.4, -0.2) is 35.0 Å². The van der Waals surface area contributed by atoms with Crippen LogP contribution in [0.2, 0.25) is 5.02 Å². The number of non-ortho nitro benzene ring substituents is 1. The van der Waals surface area contributed by atoms with E-state index in [0.717, 1.165) is 43.6 Å². The number of hydrazone groups is 1. The molecule has 146 valence electrons. The van der Waals surface area contributed by atoms with Gasteiger partial charge in [-0.25, -0.2) is 5.43 Å². The van der Waals surface area contributed by atoms with Crippen LogP contribution in [0.3, 0.4) is 0 Å². The molecule has 0 bridgehead atoms. The van der Waals surface area contributed by atoms with Gasteiger partial charge in [-0.2, -0.15) is 5.10 Å². The molecule has 0 radical (unpaired) electrons. The molecule has 0 aromatic heterocycles. The molecule has 1 amide bonds. The third-order valence-corrected chi connectivity index (χ3v) is 5.14. The molecule has 1 aliphatic rings. The Labute approximate surface area is 168 Å². The Morgan fingerprint density at radius 1 is 1.21 bits per heavy atom. The summed E-state index contributed by atoms with van der Waals surface area (Å²) in [5.74, 6) is -0.158. The minimum Gasteiger partial charge on any atom is -0.299 e. The molecule has 2 aromatic carbocycles. The maximum atomic E-state index is 12.3. The van der Waals surface area contributed by atoms with E-state index < -0.39 is 4.92 Å². The summed E-state index contributed by atoms with van der Waals surface area (Å²) in [5, 5.41) is 15.3. The monoisotopic (exact) mass is 400 g/mol. The normalized spacial score (nSPS) is 15.6. The number of benzene rings is 2. The third kappa shape index (κ3) is 5.37. The van der Waals surface area contributed by atoms with E-state index in [1.807, 2.05) is 18.2 Å². The molecule has 1 N–H and O–H groups in total. The molecule has 1 fully saturated rings. The molecule has 0 spiro atoms. The molecule has 2 aromatic rings. The number of hydrogen-bond donors (Lipinski definition) is 1. The van der Waals surface area contributed by atoms with Gasteiger partial charge in [-0.05, 0) is 37.6 Å². The Morgan fingerprint density at radius 2 is 1.89 bits per heavy atom. The molecule has 0 saturated carbocycles. The summed E-state index contributed by atoms with van der Waals surface area (Å²) in [6.45, 7) is 2.31. The molecule has 28 heavy (non-hydrogen) atoms. The molecule has 1 heterocycles. The smallest absolute Gasteiger partial charge is 0.269 e. The van der Waals surface area contributed by atoms with Crippen molar-refractivity contribution in [2.45, 2.75) is 19.4 Å². The summed E-state index contributed by atoms with van der Waals surface area (Å²) in [5.41, 5.74) is 4.47. The standard InChI is InChI=1S/C20H21ClN4O3/c21-19-4-2-1-3-17(19)13-22-23-20(26)16-9-11-24(12-10-16)14-15-5-7-18(8-6-15)25(27)28/h1-8,13,16H,9-12,14H2,(H,23,26). The lowest BCUT2D eigenvalue weighted by Crippen LogP contribution is -2.39. The van der Waals surface area contributed by atoms with E-state index in [1.165, 1.54) is 12.1 Å². The number of carbonyl (C=O) groups is 1. The topological polar surface area (TPSA) is 87.8 Å². The summed E-state index contributed by atoms with van der Waals surface area (Å²) in [4.78, 5) is 24.9. The van der Waals surface area contributed by atoms with Crippen LogP contribution < -0.4 is 5.43 Å². The number of nitrogens with one attached hydrogen (secondary N) is 1.